The first-order valence-corrected chi connectivity index (χ1v) is 7.90. The molecule has 2 heterocycles. The highest BCUT2D eigenvalue weighted by atomic mass is 16.2. The fourth-order valence-corrected chi connectivity index (χ4v) is 3.00. The summed E-state index contributed by atoms with van der Waals surface area (Å²) in [4.78, 5) is 20.6. The zero-order valence-corrected chi connectivity index (χ0v) is 13.6. The Morgan fingerprint density at radius 1 is 1.30 bits per heavy atom. The fourth-order valence-electron chi connectivity index (χ4n) is 3.00. The van der Waals surface area contributed by atoms with Gasteiger partial charge >= 0.3 is 6.03 Å². The third-order valence-corrected chi connectivity index (χ3v) is 4.20. The zero-order valence-electron chi connectivity index (χ0n) is 13.6. The number of hydrogen-bond acceptors (Lipinski definition) is 3. The molecule has 120 valence electrons. The van der Waals surface area contributed by atoms with Crippen LogP contribution in [0.3, 0.4) is 0 Å². The number of pyridine rings is 1. The molecule has 23 heavy (non-hydrogen) atoms. The Labute approximate surface area is 136 Å². The zero-order chi connectivity index (χ0) is 16.2. The molecule has 1 saturated heterocycles. The lowest BCUT2D eigenvalue weighted by atomic mass is 10.0. The van der Waals surface area contributed by atoms with Crippen LogP contribution in [0.1, 0.15) is 24.4 Å². The molecule has 0 bridgehead atoms. The second kappa shape index (κ2) is 6.69. The average Bonchev–Trinajstić information content (AvgIpc) is 3.05. The Morgan fingerprint density at radius 2 is 2.17 bits per heavy atom. The van der Waals surface area contributed by atoms with Crippen LogP contribution in [-0.4, -0.2) is 36.6 Å². The molecule has 0 spiro atoms. The van der Waals surface area contributed by atoms with Crippen molar-refractivity contribution in [1.29, 1.82) is 0 Å². The van der Waals surface area contributed by atoms with Crippen LogP contribution in [-0.2, 0) is 0 Å². The summed E-state index contributed by atoms with van der Waals surface area (Å²) in [6, 6.07) is 12.1. The second-order valence-corrected chi connectivity index (χ2v) is 6.01. The van der Waals surface area contributed by atoms with Gasteiger partial charge in [-0.05, 0) is 42.7 Å². The van der Waals surface area contributed by atoms with Crippen LogP contribution in [0.15, 0.2) is 48.8 Å². The number of aromatic nitrogens is 1. The first-order valence-electron chi connectivity index (χ1n) is 7.90. The summed E-state index contributed by atoms with van der Waals surface area (Å²) in [7, 11) is 4.06. The third-order valence-electron chi connectivity index (χ3n) is 4.20. The van der Waals surface area contributed by atoms with Crippen LogP contribution in [0.4, 0.5) is 16.2 Å². The smallest absolute Gasteiger partial charge is 0.322 e. The van der Waals surface area contributed by atoms with Gasteiger partial charge in [-0.1, -0.05) is 12.1 Å². The number of carbonyl (C=O) groups is 1. The Kier molecular flexibility index (Phi) is 4.46. The minimum atomic E-state index is -0.0595. The number of hydrogen-bond donors (Lipinski definition) is 1. The lowest BCUT2D eigenvalue weighted by Gasteiger charge is -2.26. The van der Waals surface area contributed by atoms with E-state index in [1.165, 1.54) is 5.56 Å². The van der Waals surface area contributed by atoms with Crippen LogP contribution in [0.25, 0.3) is 0 Å². The van der Waals surface area contributed by atoms with Crippen molar-refractivity contribution in [2.45, 2.75) is 18.9 Å². The fraction of sp³-hybridized carbons (Fsp3) is 0.333. The maximum atomic E-state index is 12.6. The summed E-state index contributed by atoms with van der Waals surface area (Å²) in [5.41, 5.74) is 3.07. The van der Waals surface area contributed by atoms with Gasteiger partial charge in [0.2, 0.25) is 0 Å². The van der Waals surface area contributed by atoms with Crippen molar-refractivity contribution in [3.05, 3.63) is 54.4 Å². The van der Waals surface area contributed by atoms with Gasteiger partial charge in [-0.25, -0.2) is 4.79 Å². The molecule has 0 aliphatic carbocycles. The van der Waals surface area contributed by atoms with Gasteiger partial charge in [0.05, 0.1) is 17.9 Å². The standard InChI is InChI=1S/C18H22N4O/c1-21(2)16-8-3-6-14(12-16)17-9-5-11-22(17)18(23)20-15-7-4-10-19-13-15/h3-4,6-8,10,12-13,17H,5,9,11H2,1-2H3,(H,20,23)/t17-/m0/s1. The summed E-state index contributed by atoms with van der Waals surface area (Å²) in [5.74, 6) is 0. The number of nitrogens with one attached hydrogen (secondary N) is 1. The average molecular weight is 310 g/mol. The Morgan fingerprint density at radius 3 is 2.91 bits per heavy atom. The Balaban J connectivity index is 1.77. The maximum Gasteiger partial charge on any atom is 0.322 e. The molecule has 1 aliphatic heterocycles. The van der Waals surface area contributed by atoms with Crippen molar-refractivity contribution in [3.63, 3.8) is 0 Å². The maximum absolute atomic E-state index is 12.6. The van der Waals surface area contributed by atoms with Gasteiger partial charge in [-0.2, -0.15) is 0 Å². The molecule has 1 fully saturated rings. The lowest BCUT2D eigenvalue weighted by molar-refractivity contribution is 0.207. The van der Waals surface area contributed by atoms with Gasteiger partial charge in [-0.3, -0.25) is 4.98 Å². The highest BCUT2D eigenvalue weighted by Gasteiger charge is 2.30. The molecule has 1 atom stereocenters. The van der Waals surface area contributed by atoms with Gasteiger partial charge in [0.1, 0.15) is 0 Å². The number of amides is 2. The number of urea groups is 1. The molecule has 5 heteroatoms. The predicted octanol–water partition coefficient (Wildman–Crippen LogP) is 3.52. The summed E-state index contributed by atoms with van der Waals surface area (Å²) in [6.45, 7) is 0.781. The highest BCUT2D eigenvalue weighted by molar-refractivity contribution is 5.89. The molecule has 0 unspecified atom stereocenters. The molecular weight excluding hydrogens is 288 g/mol. The molecule has 0 radical (unpaired) electrons. The second-order valence-electron chi connectivity index (χ2n) is 6.01. The first-order chi connectivity index (χ1) is 11.1. The highest BCUT2D eigenvalue weighted by Crippen LogP contribution is 2.33. The molecule has 1 aromatic heterocycles. The first kappa shape index (κ1) is 15.3. The molecule has 1 N–H and O–H groups in total. The van der Waals surface area contributed by atoms with E-state index in [9.17, 15) is 4.79 Å². The number of carbonyl (C=O) groups excluding carboxylic acids is 1. The summed E-state index contributed by atoms with van der Waals surface area (Å²) < 4.78 is 0. The number of rotatable bonds is 3. The monoisotopic (exact) mass is 310 g/mol. The Hall–Kier alpha value is -2.56. The van der Waals surface area contributed by atoms with Crippen molar-refractivity contribution in [3.8, 4) is 0 Å². The largest absolute Gasteiger partial charge is 0.378 e. The number of likely N-dealkylation sites (tertiary alicyclic amines) is 1. The number of anilines is 2. The summed E-state index contributed by atoms with van der Waals surface area (Å²) in [6.07, 6.45) is 5.38. The van der Waals surface area contributed by atoms with E-state index in [1.807, 2.05) is 31.1 Å². The van der Waals surface area contributed by atoms with Gasteiger partial charge in [0.25, 0.3) is 0 Å². The molecule has 1 aliphatic rings. The van der Waals surface area contributed by atoms with E-state index in [4.69, 9.17) is 0 Å². The minimum absolute atomic E-state index is 0.0595. The van der Waals surface area contributed by atoms with Crippen molar-refractivity contribution in [1.82, 2.24) is 9.88 Å². The third kappa shape index (κ3) is 3.44. The molecule has 2 aromatic rings. The van der Waals surface area contributed by atoms with Gasteiger partial charge < -0.3 is 15.1 Å². The molecule has 2 amide bonds. The van der Waals surface area contributed by atoms with E-state index in [2.05, 4.69) is 39.5 Å². The van der Waals surface area contributed by atoms with Crippen molar-refractivity contribution in [2.24, 2.45) is 0 Å². The van der Waals surface area contributed by atoms with Crippen LogP contribution in [0.2, 0.25) is 0 Å². The minimum Gasteiger partial charge on any atom is -0.378 e. The van der Waals surface area contributed by atoms with Gasteiger partial charge in [0, 0.05) is 32.5 Å². The van der Waals surface area contributed by atoms with E-state index in [0.717, 1.165) is 30.8 Å². The van der Waals surface area contributed by atoms with Crippen molar-refractivity contribution in [2.75, 3.05) is 30.9 Å². The topological polar surface area (TPSA) is 48.5 Å². The van der Waals surface area contributed by atoms with Crippen LogP contribution < -0.4 is 10.2 Å². The van der Waals surface area contributed by atoms with E-state index in [0.29, 0.717) is 0 Å². The molecule has 3 rings (SSSR count). The van der Waals surface area contributed by atoms with Crippen molar-refractivity contribution < 1.29 is 4.79 Å². The quantitative estimate of drug-likeness (QED) is 0.943. The lowest BCUT2D eigenvalue weighted by Crippen LogP contribution is -2.34. The van der Waals surface area contributed by atoms with Crippen LogP contribution >= 0.6 is 0 Å². The van der Waals surface area contributed by atoms with Gasteiger partial charge in [0.15, 0.2) is 0 Å². The molecule has 0 saturated carbocycles. The molecule has 1 aromatic carbocycles. The Bertz CT molecular complexity index is 672. The van der Waals surface area contributed by atoms with E-state index in [1.54, 1.807) is 12.4 Å². The SMILES string of the molecule is CN(C)c1cccc([C@@H]2CCCN2C(=O)Nc2cccnc2)c1. The number of nitrogens with zero attached hydrogens (tertiary/aromatic N) is 3. The number of benzene rings is 1. The van der Waals surface area contributed by atoms with E-state index < -0.39 is 0 Å². The molecular formula is C18H22N4O. The van der Waals surface area contributed by atoms with E-state index in [-0.39, 0.29) is 12.1 Å². The summed E-state index contributed by atoms with van der Waals surface area (Å²) >= 11 is 0. The van der Waals surface area contributed by atoms with Crippen LogP contribution in [0, 0.1) is 0 Å². The predicted molar refractivity (Wildman–Crippen MR) is 92.7 cm³/mol. The van der Waals surface area contributed by atoms with Crippen molar-refractivity contribution >= 4 is 17.4 Å². The van der Waals surface area contributed by atoms with E-state index >= 15 is 0 Å². The van der Waals surface area contributed by atoms with Gasteiger partial charge in [-0.15, -0.1) is 0 Å². The summed E-state index contributed by atoms with van der Waals surface area (Å²) in [5, 5.41) is 2.94. The normalized spacial score (nSPS) is 17.1. The van der Waals surface area contributed by atoms with Crippen LogP contribution in [0.5, 0.6) is 0 Å². The molecule has 5 nitrogen and oxygen atoms in total.